The number of hydrogen-bond acceptors (Lipinski definition) is 2. The molecule has 0 spiro atoms. The molecule has 0 bridgehead atoms. The molecule has 0 radical (unpaired) electrons. The standard InChI is InChI=1S/C32H34NOP/c1-4-12-26(13-5-1)22-28-18-19-30(34-25-27-14-6-2-7-15-27)32(23-28)35-31-17-9-8-16-29(31)24-33-20-10-3-11-21-33/h1-2,4-9,12-19,23,35H,3,10-11,20-22,24-25H2. The molecule has 1 aliphatic rings. The second-order valence-corrected chi connectivity index (χ2v) is 10.7. The summed E-state index contributed by atoms with van der Waals surface area (Å²) in [5.41, 5.74) is 5.32. The SMILES string of the molecule is c1ccc(COc2ccc(Cc3ccccc3)cc2Pc2ccccc2CN2CCCCC2)cc1. The highest BCUT2D eigenvalue weighted by Crippen LogP contribution is 2.25. The second kappa shape index (κ2) is 12.2. The summed E-state index contributed by atoms with van der Waals surface area (Å²) in [4.78, 5) is 2.62. The van der Waals surface area contributed by atoms with E-state index in [1.165, 1.54) is 65.2 Å². The largest absolute Gasteiger partial charge is 0.488 e. The monoisotopic (exact) mass is 479 g/mol. The number of nitrogens with zero attached hydrogens (tertiary/aromatic N) is 1. The molecule has 1 heterocycles. The van der Waals surface area contributed by atoms with Crippen molar-refractivity contribution >= 4 is 19.2 Å². The quantitative estimate of drug-likeness (QED) is 0.255. The van der Waals surface area contributed by atoms with Crippen LogP contribution in [0.5, 0.6) is 5.75 Å². The molecule has 1 unspecified atom stereocenters. The number of rotatable bonds is 9. The third-order valence-corrected chi connectivity index (χ3v) is 8.08. The van der Waals surface area contributed by atoms with Gasteiger partial charge in [-0.15, -0.1) is 0 Å². The van der Waals surface area contributed by atoms with Crippen LogP contribution >= 0.6 is 8.58 Å². The minimum Gasteiger partial charge on any atom is -0.488 e. The fraction of sp³-hybridized carbons (Fsp3) is 0.250. The fourth-order valence-electron chi connectivity index (χ4n) is 4.76. The lowest BCUT2D eigenvalue weighted by Gasteiger charge is -2.27. The highest BCUT2D eigenvalue weighted by molar-refractivity contribution is 7.55. The van der Waals surface area contributed by atoms with Crippen LogP contribution < -0.4 is 15.3 Å². The maximum absolute atomic E-state index is 6.39. The Morgan fingerprint density at radius 2 is 1.31 bits per heavy atom. The fourth-order valence-corrected chi connectivity index (χ4v) is 6.09. The van der Waals surface area contributed by atoms with Crippen molar-refractivity contribution in [3.05, 3.63) is 125 Å². The van der Waals surface area contributed by atoms with Crippen molar-refractivity contribution in [1.29, 1.82) is 0 Å². The van der Waals surface area contributed by atoms with Crippen LogP contribution in [0.3, 0.4) is 0 Å². The average Bonchev–Trinajstić information content (AvgIpc) is 2.91. The Morgan fingerprint density at radius 3 is 2.09 bits per heavy atom. The summed E-state index contributed by atoms with van der Waals surface area (Å²) in [7, 11) is 0.568. The van der Waals surface area contributed by atoms with Gasteiger partial charge >= 0.3 is 0 Å². The summed E-state index contributed by atoms with van der Waals surface area (Å²) < 4.78 is 6.39. The van der Waals surface area contributed by atoms with Gasteiger partial charge in [0.1, 0.15) is 12.4 Å². The van der Waals surface area contributed by atoms with Gasteiger partial charge < -0.3 is 4.74 Å². The number of benzene rings is 4. The van der Waals surface area contributed by atoms with E-state index in [1.54, 1.807) is 0 Å². The normalized spacial score (nSPS) is 14.4. The van der Waals surface area contributed by atoms with E-state index >= 15 is 0 Å². The van der Waals surface area contributed by atoms with Gasteiger partial charge in [0.25, 0.3) is 0 Å². The van der Waals surface area contributed by atoms with E-state index in [4.69, 9.17) is 4.74 Å². The summed E-state index contributed by atoms with van der Waals surface area (Å²) in [6.45, 7) is 4.07. The Morgan fingerprint density at radius 1 is 0.629 bits per heavy atom. The number of hydrogen-bond donors (Lipinski definition) is 0. The first-order valence-corrected chi connectivity index (χ1v) is 13.7. The third-order valence-electron chi connectivity index (χ3n) is 6.66. The van der Waals surface area contributed by atoms with Gasteiger partial charge in [0.15, 0.2) is 0 Å². The van der Waals surface area contributed by atoms with Gasteiger partial charge in [-0.3, -0.25) is 4.90 Å². The summed E-state index contributed by atoms with van der Waals surface area (Å²) in [6, 6.07) is 36.9. The van der Waals surface area contributed by atoms with Gasteiger partial charge in [-0.1, -0.05) is 106 Å². The highest BCUT2D eigenvalue weighted by atomic mass is 31.1. The van der Waals surface area contributed by atoms with Gasteiger partial charge in [0.2, 0.25) is 0 Å². The predicted octanol–water partition coefficient (Wildman–Crippen LogP) is 6.47. The van der Waals surface area contributed by atoms with E-state index in [0.717, 1.165) is 18.7 Å². The van der Waals surface area contributed by atoms with Crippen LogP contribution in [0.2, 0.25) is 0 Å². The molecule has 0 N–H and O–H groups in total. The van der Waals surface area contributed by atoms with E-state index in [0.29, 0.717) is 15.2 Å². The highest BCUT2D eigenvalue weighted by Gasteiger charge is 2.14. The molecule has 3 heteroatoms. The third kappa shape index (κ3) is 6.82. The first kappa shape index (κ1) is 23.8. The van der Waals surface area contributed by atoms with E-state index in [-0.39, 0.29) is 0 Å². The van der Waals surface area contributed by atoms with Crippen LogP contribution in [0.4, 0.5) is 0 Å². The number of ether oxygens (including phenoxy) is 1. The minimum atomic E-state index is 0.568. The molecule has 178 valence electrons. The molecule has 1 saturated heterocycles. The van der Waals surface area contributed by atoms with Crippen LogP contribution in [0.25, 0.3) is 0 Å². The number of piperidine rings is 1. The molecule has 1 atom stereocenters. The van der Waals surface area contributed by atoms with Crippen LogP contribution in [0.1, 0.15) is 41.5 Å². The Labute approximate surface area is 211 Å². The summed E-state index contributed by atoms with van der Waals surface area (Å²) in [6.07, 6.45) is 4.95. The first-order chi connectivity index (χ1) is 17.3. The maximum atomic E-state index is 6.39. The van der Waals surface area contributed by atoms with Crippen molar-refractivity contribution in [3.8, 4) is 5.75 Å². The molecule has 0 aromatic heterocycles. The van der Waals surface area contributed by atoms with Crippen LogP contribution in [0.15, 0.2) is 103 Å². The van der Waals surface area contributed by atoms with Crippen LogP contribution in [-0.4, -0.2) is 18.0 Å². The topological polar surface area (TPSA) is 12.5 Å². The zero-order valence-corrected chi connectivity index (χ0v) is 21.3. The Hall–Kier alpha value is -2.93. The average molecular weight is 480 g/mol. The molecule has 1 fully saturated rings. The molecule has 5 rings (SSSR count). The van der Waals surface area contributed by atoms with Gasteiger partial charge in [0.05, 0.1) is 0 Å². The van der Waals surface area contributed by atoms with Gasteiger partial charge in [-0.25, -0.2) is 0 Å². The Kier molecular flexibility index (Phi) is 8.27. The molecule has 0 saturated carbocycles. The molecule has 4 aromatic carbocycles. The minimum absolute atomic E-state index is 0.568. The van der Waals surface area contributed by atoms with Gasteiger partial charge in [0, 0.05) is 11.8 Å². The molecule has 2 nitrogen and oxygen atoms in total. The van der Waals surface area contributed by atoms with Gasteiger partial charge in [-0.2, -0.15) is 0 Å². The maximum Gasteiger partial charge on any atom is 0.127 e. The molecule has 0 amide bonds. The Balaban J connectivity index is 1.40. The first-order valence-electron chi connectivity index (χ1n) is 12.7. The lowest BCUT2D eigenvalue weighted by molar-refractivity contribution is 0.221. The second-order valence-electron chi connectivity index (χ2n) is 9.39. The van der Waals surface area contributed by atoms with Crippen molar-refractivity contribution in [2.45, 2.75) is 38.8 Å². The van der Waals surface area contributed by atoms with E-state index in [1.807, 2.05) is 6.07 Å². The Bertz CT molecular complexity index is 1200. The van der Waals surface area contributed by atoms with Crippen molar-refractivity contribution in [1.82, 2.24) is 4.90 Å². The zero-order valence-electron chi connectivity index (χ0n) is 20.3. The van der Waals surface area contributed by atoms with Crippen molar-refractivity contribution in [3.63, 3.8) is 0 Å². The van der Waals surface area contributed by atoms with Crippen LogP contribution in [0, 0.1) is 0 Å². The molecular formula is C32H34NOP. The summed E-state index contributed by atoms with van der Waals surface area (Å²) in [5, 5.41) is 2.72. The number of likely N-dealkylation sites (tertiary alicyclic amines) is 1. The van der Waals surface area contributed by atoms with Crippen molar-refractivity contribution in [2.24, 2.45) is 0 Å². The molecule has 4 aromatic rings. The summed E-state index contributed by atoms with van der Waals surface area (Å²) in [5.74, 6) is 0.997. The van der Waals surface area contributed by atoms with Crippen LogP contribution in [-0.2, 0) is 19.6 Å². The predicted molar refractivity (Wildman–Crippen MR) is 150 cm³/mol. The lowest BCUT2D eigenvalue weighted by atomic mass is 10.1. The van der Waals surface area contributed by atoms with Crippen molar-refractivity contribution < 1.29 is 4.74 Å². The molecule has 0 aliphatic carbocycles. The molecule has 35 heavy (non-hydrogen) atoms. The van der Waals surface area contributed by atoms with E-state index in [9.17, 15) is 0 Å². The van der Waals surface area contributed by atoms with E-state index in [2.05, 4.69) is 102 Å². The molecule has 1 aliphatic heterocycles. The molecular weight excluding hydrogens is 445 g/mol. The summed E-state index contributed by atoms with van der Waals surface area (Å²) >= 11 is 0. The van der Waals surface area contributed by atoms with E-state index < -0.39 is 0 Å². The van der Waals surface area contributed by atoms with Gasteiger partial charge in [-0.05, 0) is 72.0 Å². The zero-order chi connectivity index (χ0) is 23.7. The lowest BCUT2D eigenvalue weighted by Crippen LogP contribution is -2.30. The van der Waals surface area contributed by atoms with Crippen molar-refractivity contribution in [2.75, 3.05) is 13.1 Å². The smallest absolute Gasteiger partial charge is 0.127 e.